The summed E-state index contributed by atoms with van der Waals surface area (Å²) in [5.74, 6) is 2.53. The van der Waals surface area contributed by atoms with Gasteiger partial charge in [-0.3, -0.25) is 0 Å². The average Bonchev–Trinajstić information content (AvgIpc) is 3.04. The van der Waals surface area contributed by atoms with Crippen molar-refractivity contribution in [1.82, 2.24) is 0 Å². The zero-order chi connectivity index (χ0) is 17.8. The van der Waals surface area contributed by atoms with Crippen molar-refractivity contribution >= 4 is 62.3 Å². The van der Waals surface area contributed by atoms with Gasteiger partial charge >= 0.3 is 0 Å². The van der Waals surface area contributed by atoms with Gasteiger partial charge in [-0.1, -0.05) is 39.3 Å². The van der Waals surface area contributed by atoms with Gasteiger partial charge in [0.05, 0.1) is 9.75 Å². The number of thioether (sulfide) groups is 2. The average molecular weight is 431 g/mol. The smallest absolute Gasteiger partial charge is 0.0589 e. The third kappa shape index (κ3) is 7.04. The molecule has 0 aromatic carbocycles. The third-order valence-corrected chi connectivity index (χ3v) is 12.3. The van der Waals surface area contributed by atoms with Crippen LogP contribution in [-0.4, -0.2) is 27.7 Å². The number of hydrogen-bond donors (Lipinski definition) is 0. The second-order valence-electron chi connectivity index (χ2n) is 8.55. The summed E-state index contributed by atoms with van der Waals surface area (Å²) in [4.78, 5) is 5.99. The largest absolute Gasteiger partial charge is 0.142 e. The van der Waals surface area contributed by atoms with E-state index in [0.29, 0.717) is 0 Å². The highest BCUT2D eigenvalue weighted by atomic mass is 32.2. The van der Waals surface area contributed by atoms with E-state index in [-0.39, 0.29) is 0 Å². The minimum atomic E-state index is -0.936. The highest BCUT2D eigenvalue weighted by molar-refractivity contribution is 8.00. The molecule has 0 unspecified atom stereocenters. The molecule has 24 heavy (non-hydrogen) atoms. The first-order valence-corrected chi connectivity index (χ1v) is 19.7. The van der Waals surface area contributed by atoms with Crippen molar-refractivity contribution in [3.63, 3.8) is 0 Å². The van der Waals surface area contributed by atoms with E-state index in [1.807, 2.05) is 22.7 Å². The van der Waals surface area contributed by atoms with Crippen LogP contribution in [0.4, 0.5) is 0 Å². The van der Waals surface area contributed by atoms with Crippen molar-refractivity contribution in [2.24, 2.45) is 0 Å². The van der Waals surface area contributed by atoms with Gasteiger partial charge in [0.25, 0.3) is 0 Å². The summed E-state index contributed by atoms with van der Waals surface area (Å²) >= 11 is 7.96. The molecule has 0 bridgehead atoms. The molecule has 0 aliphatic heterocycles. The molecule has 0 nitrogen and oxygen atoms in total. The molecule has 0 aliphatic rings. The van der Waals surface area contributed by atoms with Crippen LogP contribution >= 0.6 is 46.2 Å². The third-order valence-electron chi connectivity index (χ3n) is 3.68. The Bertz CT molecular complexity index is 576. The van der Waals surface area contributed by atoms with Gasteiger partial charge in [-0.2, -0.15) is 0 Å². The van der Waals surface area contributed by atoms with Gasteiger partial charge < -0.3 is 0 Å². The fraction of sp³-hybridized carbons (Fsp3) is 0.556. The molecule has 2 heterocycles. The topological polar surface area (TPSA) is 0 Å². The lowest BCUT2D eigenvalue weighted by Crippen LogP contribution is -2.19. The van der Waals surface area contributed by atoms with Gasteiger partial charge in [-0.05, 0) is 46.5 Å². The molecule has 0 saturated carbocycles. The highest BCUT2D eigenvalue weighted by Crippen LogP contribution is 2.44. The first kappa shape index (κ1) is 20.8. The van der Waals surface area contributed by atoms with Crippen LogP contribution in [0.3, 0.4) is 0 Å². The van der Waals surface area contributed by atoms with E-state index in [2.05, 4.69) is 85.7 Å². The molecule has 0 fully saturated rings. The van der Waals surface area contributed by atoms with Crippen LogP contribution in [0.1, 0.15) is 0 Å². The molecule has 6 heteroatoms. The Labute approximate surface area is 166 Å². The maximum Gasteiger partial charge on any atom is 0.0589 e. The monoisotopic (exact) mass is 430 g/mol. The predicted molar refractivity (Wildman–Crippen MR) is 125 cm³/mol. The Kier molecular flexibility index (Phi) is 7.77. The SMILES string of the molecule is C[Si](C)(C)CCSc1ccsc1-c1sccc1SCC[Si](C)(C)C. The second kappa shape index (κ2) is 8.95. The molecular weight excluding hydrogens is 401 g/mol. The maximum absolute atomic E-state index is 2.47. The Morgan fingerprint density at radius 3 is 1.42 bits per heavy atom. The summed E-state index contributed by atoms with van der Waals surface area (Å²) in [6, 6.07) is 7.45. The standard InChI is InChI=1S/C18H30S4Si2/c1-23(2,3)13-11-19-15-7-9-21-17(15)18-16(8-10-22-18)20-12-14-24(4,5)6/h7-10H,11-14H2,1-6H3. The summed E-state index contributed by atoms with van der Waals surface area (Å²) in [6.45, 7) is 14.8. The predicted octanol–water partition coefficient (Wildman–Crippen LogP) is 8.34. The zero-order valence-corrected chi connectivity index (χ0v) is 21.0. The van der Waals surface area contributed by atoms with Crippen molar-refractivity contribution in [1.29, 1.82) is 0 Å². The van der Waals surface area contributed by atoms with Gasteiger partial charge in [0.1, 0.15) is 0 Å². The Hall–Kier alpha value is 0.534. The highest BCUT2D eigenvalue weighted by Gasteiger charge is 2.17. The quantitative estimate of drug-likeness (QED) is 0.289. The van der Waals surface area contributed by atoms with Crippen LogP contribution in [0.25, 0.3) is 9.75 Å². The molecule has 2 aromatic heterocycles. The molecule has 0 radical (unpaired) electrons. The molecule has 0 amide bonds. The summed E-state index contributed by atoms with van der Waals surface area (Å²) in [7, 11) is -1.87. The first-order valence-electron chi connectivity index (χ1n) is 8.57. The van der Waals surface area contributed by atoms with Gasteiger partial charge in [0.2, 0.25) is 0 Å². The van der Waals surface area contributed by atoms with Gasteiger partial charge in [0.15, 0.2) is 0 Å². The van der Waals surface area contributed by atoms with Gasteiger partial charge in [0, 0.05) is 25.9 Å². The lowest BCUT2D eigenvalue weighted by molar-refractivity contribution is 1.36. The fourth-order valence-corrected chi connectivity index (χ4v) is 11.8. The molecule has 0 spiro atoms. The van der Waals surface area contributed by atoms with E-state index in [1.165, 1.54) is 43.1 Å². The summed E-state index contributed by atoms with van der Waals surface area (Å²) in [6.07, 6.45) is 0. The summed E-state index contributed by atoms with van der Waals surface area (Å²) < 4.78 is 0. The van der Waals surface area contributed by atoms with E-state index < -0.39 is 16.1 Å². The zero-order valence-electron chi connectivity index (χ0n) is 15.8. The van der Waals surface area contributed by atoms with Crippen LogP contribution in [0.5, 0.6) is 0 Å². The minimum Gasteiger partial charge on any atom is -0.142 e. The number of thiophene rings is 2. The molecule has 2 aromatic rings. The van der Waals surface area contributed by atoms with E-state index in [9.17, 15) is 0 Å². The van der Waals surface area contributed by atoms with E-state index in [0.717, 1.165) is 0 Å². The minimum absolute atomic E-state index is 0.936. The molecule has 2 rings (SSSR count). The fourth-order valence-electron chi connectivity index (χ4n) is 2.09. The van der Waals surface area contributed by atoms with Crippen molar-refractivity contribution < 1.29 is 0 Å². The van der Waals surface area contributed by atoms with Crippen LogP contribution in [0, 0.1) is 0 Å². The van der Waals surface area contributed by atoms with Gasteiger partial charge in [-0.15, -0.1) is 46.2 Å². The van der Waals surface area contributed by atoms with Crippen LogP contribution in [0.2, 0.25) is 51.4 Å². The Morgan fingerprint density at radius 1 is 0.708 bits per heavy atom. The summed E-state index contributed by atoms with van der Waals surface area (Å²) in [5.41, 5.74) is 0. The Balaban J connectivity index is 2.02. The number of rotatable bonds is 9. The van der Waals surface area contributed by atoms with Crippen molar-refractivity contribution in [3.05, 3.63) is 22.9 Å². The number of hydrogen-bond acceptors (Lipinski definition) is 4. The van der Waals surface area contributed by atoms with Crippen molar-refractivity contribution in [3.8, 4) is 9.75 Å². The van der Waals surface area contributed by atoms with E-state index in [4.69, 9.17) is 0 Å². The van der Waals surface area contributed by atoms with Gasteiger partial charge in [-0.25, -0.2) is 0 Å². The van der Waals surface area contributed by atoms with E-state index >= 15 is 0 Å². The van der Waals surface area contributed by atoms with Crippen LogP contribution in [-0.2, 0) is 0 Å². The second-order valence-corrected chi connectivity index (χ2v) is 23.9. The molecule has 0 aliphatic carbocycles. The van der Waals surface area contributed by atoms with E-state index in [1.54, 1.807) is 0 Å². The van der Waals surface area contributed by atoms with Crippen LogP contribution < -0.4 is 0 Å². The van der Waals surface area contributed by atoms with Crippen LogP contribution in [0.15, 0.2) is 32.7 Å². The molecule has 0 atom stereocenters. The lowest BCUT2D eigenvalue weighted by atomic mass is 10.4. The van der Waals surface area contributed by atoms with Crippen molar-refractivity contribution in [2.75, 3.05) is 11.5 Å². The molecular formula is C18H30S4Si2. The maximum atomic E-state index is 2.47. The molecule has 0 N–H and O–H groups in total. The first-order chi connectivity index (χ1) is 11.2. The lowest BCUT2D eigenvalue weighted by Gasteiger charge is -2.15. The van der Waals surface area contributed by atoms with Crippen molar-refractivity contribution in [2.45, 2.75) is 61.2 Å². The summed E-state index contributed by atoms with van der Waals surface area (Å²) in [5, 5.41) is 4.53. The molecule has 134 valence electrons. The molecule has 0 saturated heterocycles. The Morgan fingerprint density at radius 2 is 1.08 bits per heavy atom. The normalized spacial score (nSPS) is 12.8.